The number of benzene rings is 2. The van der Waals surface area contributed by atoms with Crippen LogP contribution in [-0.2, 0) is 10.0 Å². The molecule has 3 rings (SSSR count). The lowest BCUT2D eigenvalue weighted by Gasteiger charge is -2.15. The number of carbonyl (C=O) groups is 1. The average Bonchev–Trinajstić information content (AvgIpc) is 3.09. The van der Waals surface area contributed by atoms with Gasteiger partial charge in [-0.3, -0.25) is 9.52 Å². The highest BCUT2D eigenvalue weighted by Gasteiger charge is 2.22. The van der Waals surface area contributed by atoms with Crippen LogP contribution in [-0.4, -0.2) is 31.9 Å². The minimum atomic E-state index is -3.73. The largest absolute Gasteiger partial charge is 0.348 e. The maximum absolute atomic E-state index is 12.5. The first kappa shape index (κ1) is 16.9. The van der Waals surface area contributed by atoms with Crippen LogP contribution in [0.2, 0.25) is 0 Å². The SMILES string of the molecule is O=C(NC1CCSC1)c1ccccc1NS(=O)(=O)c1ccccc1. The third-order valence-electron chi connectivity index (χ3n) is 3.73. The van der Waals surface area contributed by atoms with E-state index in [1.54, 1.807) is 54.2 Å². The molecule has 1 amide bonds. The molecule has 24 heavy (non-hydrogen) atoms. The normalized spacial score (nSPS) is 17.4. The molecule has 1 heterocycles. The Kier molecular flexibility index (Phi) is 5.11. The van der Waals surface area contributed by atoms with Crippen LogP contribution in [0, 0.1) is 0 Å². The van der Waals surface area contributed by atoms with Crippen molar-refractivity contribution in [1.82, 2.24) is 5.32 Å². The van der Waals surface area contributed by atoms with E-state index in [-0.39, 0.29) is 22.5 Å². The van der Waals surface area contributed by atoms with E-state index < -0.39 is 10.0 Å². The predicted octanol–water partition coefficient (Wildman–Crippen LogP) is 2.72. The Morgan fingerprint density at radius 2 is 1.75 bits per heavy atom. The smallest absolute Gasteiger partial charge is 0.261 e. The molecule has 0 bridgehead atoms. The zero-order chi connectivity index (χ0) is 17.0. The third kappa shape index (κ3) is 3.91. The number of thioether (sulfide) groups is 1. The predicted molar refractivity (Wildman–Crippen MR) is 96.9 cm³/mol. The molecule has 1 saturated heterocycles. The number of nitrogens with one attached hydrogen (secondary N) is 2. The van der Waals surface area contributed by atoms with E-state index in [1.165, 1.54) is 12.1 Å². The molecule has 1 aliphatic rings. The van der Waals surface area contributed by atoms with Gasteiger partial charge in [-0.05, 0) is 36.4 Å². The van der Waals surface area contributed by atoms with Crippen LogP contribution in [0.5, 0.6) is 0 Å². The Balaban J connectivity index is 1.82. The zero-order valence-corrected chi connectivity index (χ0v) is 14.6. The minimum Gasteiger partial charge on any atom is -0.348 e. The lowest BCUT2D eigenvalue weighted by molar-refractivity contribution is 0.0942. The molecule has 0 saturated carbocycles. The van der Waals surface area contributed by atoms with Crippen LogP contribution in [0.15, 0.2) is 59.5 Å². The van der Waals surface area contributed by atoms with Crippen LogP contribution in [0.25, 0.3) is 0 Å². The molecule has 1 unspecified atom stereocenters. The van der Waals surface area contributed by atoms with Crippen LogP contribution >= 0.6 is 11.8 Å². The van der Waals surface area contributed by atoms with Crippen molar-refractivity contribution in [2.24, 2.45) is 0 Å². The molecule has 5 nitrogen and oxygen atoms in total. The topological polar surface area (TPSA) is 75.3 Å². The van der Waals surface area contributed by atoms with Gasteiger partial charge in [0.2, 0.25) is 0 Å². The van der Waals surface area contributed by atoms with Crippen molar-refractivity contribution in [3.05, 3.63) is 60.2 Å². The number of hydrogen-bond acceptors (Lipinski definition) is 4. The molecule has 1 aliphatic heterocycles. The Morgan fingerprint density at radius 1 is 1.04 bits per heavy atom. The van der Waals surface area contributed by atoms with Crippen LogP contribution in [0.4, 0.5) is 5.69 Å². The summed E-state index contributed by atoms with van der Waals surface area (Å²) in [5.41, 5.74) is 0.610. The molecular weight excluding hydrogens is 344 g/mol. The lowest BCUT2D eigenvalue weighted by atomic mass is 10.1. The standard InChI is InChI=1S/C17H18N2O3S2/c20-17(18-13-10-11-23-12-13)15-8-4-5-9-16(15)19-24(21,22)14-6-2-1-3-7-14/h1-9,13,19H,10-12H2,(H,18,20). The zero-order valence-electron chi connectivity index (χ0n) is 12.9. The molecule has 0 radical (unpaired) electrons. The van der Waals surface area contributed by atoms with Crippen LogP contribution in [0.3, 0.4) is 0 Å². The van der Waals surface area contributed by atoms with Gasteiger partial charge in [0, 0.05) is 11.8 Å². The van der Waals surface area contributed by atoms with Crippen molar-refractivity contribution in [1.29, 1.82) is 0 Å². The van der Waals surface area contributed by atoms with E-state index in [2.05, 4.69) is 10.0 Å². The second kappa shape index (κ2) is 7.27. The van der Waals surface area contributed by atoms with Gasteiger partial charge in [0.05, 0.1) is 16.1 Å². The van der Waals surface area contributed by atoms with Gasteiger partial charge >= 0.3 is 0 Å². The fourth-order valence-electron chi connectivity index (χ4n) is 2.48. The summed E-state index contributed by atoms with van der Waals surface area (Å²) >= 11 is 1.80. The summed E-state index contributed by atoms with van der Waals surface area (Å²) in [5, 5.41) is 2.97. The van der Waals surface area contributed by atoms with Gasteiger partial charge in [0.1, 0.15) is 0 Å². The molecule has 0 aromatic heterocycles. The van der Waals surface area contributed by atoms with E-state index in [1.807, 2.05) is 0 Å². The molecule has 1 fully saturated rings. The third-order valence-corrected chi connectivity index (χ3v) is 6.28. The number of carbonyl (C=O) groups excluding carboxylic acids is 1. The van der Waals surface area contributed by atoms with Crippen molar-refractivity contribution in [3.63, 3.8) is 0 Å². The lowest BCUT2D eigenvalue weighted by Crippen LogP contribution is -2.35. The number of rotatable bonds is 5. The number of hydrogen-bond donors (Lipinski definition) is 2. The molecule has 2 aromatic carbocycles. The van der Waals surface area contributed by atoms with Gasteiger partial charge in [0.25, 0.3) is 15.9 Å². The van der Waals surface area contributed by atoms with Crippen LogP contribution < -0.4 is 10.0 Å². The van der Waals surface area contributed by atoms with Crippen molar-refractivity contribution in [2.45, 2.75) is 17.4 Å². The maximum atomic E-state index is 12.5. The van der Waals surface area contributed by atoms with Crippen molar-refractivity contribution < 1.29 is 13.2 Å². The summed E-state index contributed by atoms with van der Waals surface area (Å²) in [6.07, 6.45) is 0.939. The van der Waals surface area contributed by atoms with E-state index in [4.69, 9.17) is 0 Å². The quantitative estimate of drug-likeness (QED) is 0.858. The van der Waals surface area contributed by atoms with Gasteiger partial charge in [-0.1, -0.05) is 30.3 Å². The van der Waals surface area contributed by atoms with E-state index in [0.29, 0.717) is 5.56 Å². The molecular formula is C17H18N2O3S2. The van der Waals surface area contributed by atoms with Gasteiger partial charge in [-0.15, -0.1) is 0 Å². The van der Waals surface area contributed by atoms with Gasteiger partial charge in [-0.25, -0.2) is 8.42 Å². The second-order valence-electron chi connectivity index (χ2n) is 5.50. The average molecular weight is 362 g/mol. The van der Waals surface area contributed by atoms with E-state index in [9.17, 15) is 13.2 Å². The summed E-state index contributed by atoms with van der Waals surface area (Å²) in [6.45, 7) is 0. The Labute approximate surface area is 145 Å². The van der Waals surface area contributed by atoms with Gasteiger partial charge < -0.3 is 5.32 Å². The summed E-state index contributed by atoms with van der Waals surface area (Å²) in [4.78, 5) is 12.6. The number of amides is 1. The number of para-hydroxylation sites is 1. The van der Waals surface area contributed by atoms with E-state index >= 15 is 0 Å². The Bertz CT molecular complexity index is 817. The number of anilines is 1. The highest BCUT2D eigenvalue weighted by molar-refractivity contribution is 7.99. The summed E-state index contributed by atoms with van der Waals surface area (Å²) in [6, 6.07) is 14.9. The first-order valence-corrected chi connectivity index (χ1v) is 10.3. The summed E-state index contributed by atoms with van der Waals surface area (Å²) < 4.78 is 27.5. The molecule has 126 valence electrons. The van der Waals surface area contributed by atoms with Crippen LogP contribution in [0.1, 0.15) is 16.8 Å². The monoisotopic (exact) mass is 362 g/mol. The van der Waals surface area contributed by atoms with Gasteiger partial charge in [-0.2, -0.15) is 11.8 Å². The fourth-order valence-corrected chi connectivity index (χ4v) is 4.74. The van der Waals surface area contributed by atoms with Gasteiger partial charge in [0.15, 0.2) is 0 Å². The summed E-state index contributed by atoms with van der Waals surface area (Å²) in [7, 11) is -3.73. The fraction of sp³-hybridized carbons (Fsp3) is 0.235. The molecule has 2 N–H and O–H groups in total. The molecule has 2 aromatic rings. The molecule has 1 atom stereocenters. The molecule has 0 aliphatic carbocycles. The van der Waals surface area contributed by atoms with Crippen molar-refractivity contribution >= 4 is 33.4 Å². The first-order chi connectivity index (χ1) is 11.6. The Morgan fingerprint density at radius 3 is 2.46 bits per heavy atom. The Hall–Kier alpha value is -1.99. The molecule has 7 heteroatoms. The highest BCUT2D eigenvalue weighted by Crippen LogP contribution is 2.22. The number of sulfonamides is 1. The van der Waals surface area contributed by atoms with Crippen molar-refractivity contribution in [2.75, 3.05) is 16.2 Å². The maximum Gasteiger partial charge on any atom is 0.261 e. The highest BCUT2D eigenvalue weighted by atomic mass is 32.2. The van der Waals surface area contributed by atoms with E-state index in [0.717, 1.165) is 17.9 Å². The molecule has 0 spiro atoms. The minimum absolute atomic E-state index is 0.140. The summed E-state index contributed by atoms with van der Waals surface area (Å²) in [5.74, 6) is 1.67. The van der Waals surface area contributed by atoms with Crippen molar-refractivity contribution in [3.8, 4) is 0 Å². The first-order valence-electron chi connectivity index (χ1n) is 7.62. The second-order valence-corrected chi connectivity index (χ2v) is 8.33.